The van der Waals surface area contributed by atoms with Gasteiger partial charge in [0.05, 0.1) is 11.1 Å². The molecule has 0 aliphatic carbocycles. The molecule has 0 saturated carbocycles. The van der Waals surface area contributed by atoms with Gasteiger partial charge in [-0.05, 0) is 19.3 Å². The summed E-state index contributed by atoms with van der Waals surface area (Å²) in [5, 5.41) is 0. The maximum absolute atomic E-state index is 5.41. The Morgan fingerprint density at radius 1 is 1.80 bits per heavy atom. The number of thiocarbonyl (C=S) groups is 1. The van der Waals surface area contributed by atoms with E-state index in [9.17, 15) is 0 Å². The van der Waals surface area contributed by atoms with Crippen molar-refractivity contribution in [3.05, 3.63) is 0 Å². The van der Waals surface area contributed by atoms with Crippen LogP contribution in [0.1, 0.15) is 19.8 Å². The Morgan fingerprint density at radius 3 is 2.90 bits per heavy atom. The summed E-state index contributed by atoms with van der Waals surface area (Å²) in [5.41, 5.74) is 5.41. The van der Waals surface area contributed by atoms with E-state index >= 15 is 0 Å². The molecule has 2 nitrogen and oxygen atoms in total. The lowest BCUT2D eigenvalue weighted by atomic mass is 9.99. The van der Waals surface area contributed by atoms with E-state index in [4.69, 9.17) is 22.7 Å². The predicted octanol–water partition coefficient (Wildman–Crippen LogP) is 1.09. The number of nitrogens with two attached hydrogens (primary N) is 1. The van der Waals surface area contributed by atoms with Gasteiger partial charge in [-0.2, -0.15) is 0 Å². The maximum atomic E-state index is 5.41. The van der Waals surface area contributed by atoms with Crippen molar-refractivity contribution in [3.63, 3.8) is 0 Å². The summed E-state index contributed by atoms with van der Waals surface area (Å²) in [4.78, 5) is 0.613. The molecule has 2 N–H and O–H groups in total. The van der Waals surface area contributed by atoms with Gasteiger partial charge in [-0.3, -0.25) is 0 Å². The van der Waals surface area contributed by atoms with Crippen LogP contribution in [-0.2, 0) is 4.74 Å². The molecule has 2 atom stereocenters. The molecule has 1 heterocycles. The van der Waals surface area contributed by atoms with Gasteiger partial charge in [0.1, 0.15) is 0 Å². The smallest absolute Gasteiger partial charge is 0.0731 e. The third-order valence-electron chi connectivity index (χ3n) is 2.00. The Balaban J connectivity index is 2.33. The number of ether oxygens (including phenoxy) is 1. The van der Waals surface area contributed by atoms with Crippen molar-refractivity contribution >= 4 is 17.2 Å². The standard InChI is InChI=1S/C7H13NOS/c1-5-6(2-3-9-5)4-7(8)10/h5-6H,2-4H2,1H3,(H2,8,10). The molecular weight excluding hydrogens is 146 g/mol. The molecule has 1 fully saturated rings. The van der Waals surface area contributed by atoms with Gasteiger partial charge < -0.3 is 10.5 Å². The highest BCUT2D eigenvalue weighted by atomic mass is 32.1. The van der Waals surface area contributed by atoms with Gasteiger partial charge in [-0.25, -0.2) is 0 Å². The average molecular weight is 159 g/mol. The van der Waals surface area contributed by atoms with Crippen molar-refractivity contribution in [2.45, 2.75) is 25.9 Å². The third kappa shape index (κ3) is 1.92. The fraction of sp³-hybridized carbons (Fsp3) is 0.857. The minimum absolute atomic E-state index is 0.349. The fourth-order valence-electron chi connectivity index (χ4n) is 1.30. The molecule has 0 radical (unpaired) electrons. The van der Waals surface area contributed by atoms with Crippen molar-refractivity contribution in [1.82, 2.24) is 0 Å². The highest BCUT2D eigenvalue weighted by Crippen LogP contribution is 2.23. The van der Waals surface area contributed by atoms with Crippen molar-refractivity contribution in [2.24, 2.45) is 11.7 Å². The molecule has 0 amide bonds. The van der Waals surface area contributed by atoms with Crippen LogP contribution in [0.3, 0.4) is 0 Å². The van der Waals surface area contributed by atoms with E-state index in [1.54, 1.807) is 0 Å². The van der Waals surface area contributed by atoms with E-state index in [0.29, 0.717) is 17.0 Å². The number of hydrogen-bond acceptors (Lipinski definition) is 2. The topological polar surface area (TPSA) is 35.2 Å². The molecule has 1 saturated heterocycles. The van der Waals surface area contributed by atoms with Gasteiger partial charge in [-0.15, -0.1) is 0 Å². The second kappa shape index (κ2) is 3.30. The van der Waals surface area contributed by atoms with Crippen molar-refractivity contribution in [3.8, 4) is 0 Å². The lowest BCUT2D eigenvalue weighted by molar-refractivity contribution is 0.107. The molecular formula is C7H13NOS. The van der Waals surface area contributed by atoms with Crippen molar-refractivity contribution in [2.75, 3.05) is 6.61 Å². The van der Waals surface area contributed by atoms with Crippen LogP contribution in [-0.4, -0.2) is 17.7 Å². The average Bonchev–Trinajstić information content (AvgIpc) is 2.15. The van der Waals surface area contributed by atoms with E-state index in [1.807, 2.05) is 0 Å². The summed E-state index contributed by atoms with van der Waals surface area (Å²) in [6.45, 7) is 2.95. The van der Waals surface area contributed by atoms with Crippen LogP contribution in [0.2, 0.25) is 0 Å². The van der Waals surface area contributed by atoms with E-state index in [1.165, 1.54) is 0 Å². The maximum Gasteiger partial charge on any atom is 0.0731 e. The van der Waals surface area contributed by atoms with Crippen LogP contribution in [0, 0.1) is 5.92 Å². The first kappa shape index (κ1) is 7.95. The Kier molecular flexibility index (Phi) is 2.63. The van der Waals surface area contributed by atoms with E-state index in [2.05, 4.69) is 6.92 Å². The van der Waals surface area contributed by atoms with Crippen molar-refractivity contribution < 1.29 is 4.74 Å². The van der Waals surface area contributed by atoms with Crippen LogP contribution in [0.15, 0.2) is 0 Å². The third-order valence-corrected chi connectivity index (χ3v) is 2.16. The van der Waals surface area contributed by atoms with Gasteiger partial charge in [0, 0.05) is 13.0 Å². The molecule has 0 bridgehead atoms. The minimum atomic E-state index is 0.349. The molecule has 1 rings (SSSR count). The SMILES string of the molecule is CC1OCCC1CC(N)=S. The van der Waals surface area contributed by atoms with Crippen LogP contribution in [0.4, 0.5) is 0 Å². The zero-order valence-corrected chi connectivity index (χ0v) is 6.99. The molecule has 1 aliphatic rings. The Bertz CT molecular complexity index is 138. The number of rotatable bonds is 2. The second-order valence-electron chi connectivity index (χ2n) is 2.80. The molecule has 10 heavy (non-hydrogen) atoms. The molecule has 0 aromatic carbocycles. The van der Waals surface area contributed by atoms with Gasteiger partial charge >= 0.3 is 0 Å². The van der Waals surface area contributed by atoms with Gasteiger partial charge in [0.25, 0.3) is 0 Å². The summed E-state index contributed by atoms with van der Waals surface area (Å²) >= 11 is 4.81. The molecule has 58 valence electrons. The molecule has 2 unspecified atom stereocenters. The van der Waals surface area contributed by atoms with Crippen LogP contribution >= 0.6 is 12.2 Å². The van der Waals surface area contributed by atoms with Crippen LogP contribution in [0.25, 0.3) is 0 Å². The van der Waals surface area contributed by atoms with Crippen molar-refractivity contribution in [1.29, 1.82) is 0 Å². The van der Waals surface area contributed by atoms with E-state index < -0.39 is 0 Å². The summed E-state index contributed by atoms with van der Waals surface area (Å²) in [6, 6.07) is 0. The minimum Gasteiger partial charge on any atom is -0.393 e. The first-order valence-electron chi connectivity index (χ1n) is 3.60. The molecule has 0 spiro atoms. The highest BCUT2D eigenvalue weighted by Gasteiger charge is 2.24. The van der Waals surface area contributed by atoms with Gasteiger partial charge in [-0.1, -0.05) is 12.2 Å². The second-order valence-corrected chi connectivity index (χ2v) is 3.32. The Labute approximate surface area is 66.7 Å². The molecule has 0 aromatic heterocycles. The molecule has 3 heteroatoms. The quantitative estimate of drug-likeness (QED) is 0.612. The summed E-state index contributed by atoms with van der Waals surface area (Å²) in [6.07, 6.45) is 2.30. The van der Waals surface area contributed by atoms with E-state index in [0.717, 1.165) is 19.4 Å². The van der Waals surface area contributed by atoms with Gasteiger partial charge in [0.2, 0.25) is 0 Å². The zero-order chi connectivity index (χ0) is 7.56. The number of hydrogen-bond donors (Lipinski definition) is 1. The lowest BCUT2D eigenvalue weighted by Gasteiger charge is -2.11. The fourth-order valence-corrected chi connectivity index (χ4v) is 1.52. The summed E-state index contributed by atoms with van der Waals surface area (Å²) in [5.74, 6) is 0.567. The Hall–Kier alpha value is -0.150. The molecule has 1 aliphatic heterocycles. The largest absolute Gasteiger partial charge is 0.393 e. The highest BCUT2D eigenvalue weighted by molar-refractivity contribution is 7.80. The first-order chi connectivity index (χ1) is 4.70. The first-order valence-corrected chi connectivity index (χ1v) is 4.01. The molecule has 0 aromatic rings. The summed E-state index contributed by atoms with van der Waals surface area (Å²) < 4.78 is 5.35. The summed E-state index contributed by atoms with van der Waals surface area (Å²) in [7, 11) is 0. The normalized spacial score (nSPS) is 32.5. The predicted molar refractivity (Wildman–Crippen MR) is 44.9 cm³/mol. The lowest BCUT2D eigenvalue weighted by Crippen LogP contribution is -2.19. The Morgan fingerprint density at radius 2 is 2.50 bits per heavy atom. The van der Waals surface area contributed by atoms with Gasteiger partial charge in [0.15, 0.2) is 0 Å². The van der Waals surface area contributed by atoms with Crippen LogP contribution in [0.5, 0.6) is 0 Å². The van der Waals surface area contributed by atoms with Crippen LogP contribution < -0.4 is 5.73 Å². The zero-order valence-electron chi connectivity index (χ0n) is 6.17. The monoisotopic (exact) mass is 159 g/mol. The van der Waals surface area contributed by atoms with E-state index in [-0.39, 0.29) is 0 Å².